The fraction of sp³-hybridized carbons (Fsp3) is 0.846. The van der Waals surface area contributed by atoms with Gasteiger partial charge in [-0.2, -0.15) is 0 Å². The number of rotatable bonds is 5. The van der Waals surface area contributed by atoms with Crippen LogP contribution in [0.25, 0.3) is 0 Å². The lowest BCUT2D eigenvalue weighted by Gasteiger charge is -2.24. The molecule has 5 heteroatoms. The van der Waals surface area contributed by atoms with Crippen molar-refractivity contribution in [1.29, 1.82) is 0 Å². The first-order chi connectivity index (χ1) is 8.76. The van der Waals surface area contributed by atoms with Gasteiger partial charge in [0.15, 0.2) is 5.96 Å². The molecule has 104 valence electrons. The monoisotopic (exact) mass is 254 g/mol. The molecule has 0 aliphatic heterocycles. The zero-order valence-corrected chi connectivity index (χ0v) is 11.6. The summed E-state index contributed by atoms with van der Waals surface area (Å²) in [6.45, 7) is 5.60. The van der Waals surface area contributed by atoms with Crippen LogP contribution in [0.3, 0.4) is 0 Å². The zero-order valence-electron chi connectivity index (χ0n) is 11.6. The van der Waals surface area contributed by atoms with Gasteiger partial charge in [-0.1, -0.05) is 19.3 Å². The molecule has 0 aromatic heterocycles. The van der Waals surface area contributed by atoms with Crippen LogP contribution in [0.15, 0.2) is 4.99 Å². The molecule has 18 heavy (non-hydrogen) atoms. The first-order valence-corrected chi connectivity index (χ1v) is 7.07. The summed E-state index contributed by atoms with van der Waals surface area (Å²) in [6.07, 6.45) is 6.31. The maximum atomic E-state index is 11.4. The lowest BCUT2D eigenvalue weighted by atomic mass is 9.96. The largest absolute Gasteiger partial charge is 0.357 e. The van der Waals surface area contributed by atoms with Gasteiger partial charge in [0.1, 0.15) is 6.54 Å². The van der Waals surface area contributed by atoms with Crippen molar-refractivity contribution >= 4 is 11.9 Å². The minimum absolute atomic E-state index is 0.0293. The summed E-state index contributed by atoms with van der Waals surface area (Å²) >= 11 is 0. The Balaban J connectivity index is 2.41. The maximum Gasteiger partial charge on any atom is 0.241 e. The fourth-order valence-electron chi connectivity index (χ4n) is 2.16. The molecule has 0 heterocycles. The van der Waals surface area contributed by atoms with Crippen LogP contribution in [0.5, 0.6) is 0 Å². The normalized spacial score (nSPS) is 17.3. The van der Waals surface area contributed by atoms with E-state index in [-0.39, 0.29) is 12.5 Å². The molecule has 3 N–H and O–H groups in total. The molecule has 1 fully saturated rings. The van der Waals surface area contributed by atoms with E-state index >= 15 is 0 Å². The summed E-state index contributed by atoms with van der Waals surface area (Å²) in [7, 11) is 0. The first kappa shape index (κ1) is 14.8. The molecule has 1 saturated carbocycles. The Kier molecular flexibility index (Phi) is 7.22. The molecule has 0 aromatic carbocycles. The number of nitrogens with zero attached hydrogens (tertiary/aromatic N) is 1. The molecule has 0 bridgehead atoms. The second-order valence-electron chi connectivity index (χ2n) is 4.63. The predicted molar refractivity (Wildman–Crippen MR) is 74.7 cm³/mol. The van der Waals surface area contributed by atoms with E-state index in [9.17, 15) is 4.79 Å². The summed E-state index contributed by atoms with van der Waals surface area (Å²) in [4.78, 5) is 15.7. The number of hydrogen-bond acceptors (Lipinski definition) is 2. The van der Waals surface area contributed by atoms with Crippen LogP contribution in [0.2, 0.25) is 0 Å². The third kappa shape index (κ3) is 5.89. The molecule has 0 spiro atoms. The number of amides is 1. The maximum absolute atomic E-state index is 11.4. The van der Waals surface area contributed by atoms with Crippen molar-refractivity contribution < 1.29 is 4.79 Å². The number of aliphatic imine (C=N–C) groups is 1. The Labute approximate surface area is 110 Å². The molecular weight excluding hydrogens is 228 g/mol. The smallest absolute Gasteiger partial charge is 0.241 e. The van der Waals surface area contributed by atoms with E-state index in [4.69, 9.17) is 0 Å². The molecule has 0 saturated heterocycles. The summed E-state index contributed by atoms with van der Waals surface area (Å²) in [5.41, 5.74) is 0. The molecule has 5 nitrogen and oxygen atoms in total. The second-order valence-corrected chi connectivity index (χ2v) is 4.63. The Bertz CT molecular complexity index is 272. The Morgan fingerprint density at radius 2 is 1.78 bits per heavy atom. The minimum atomic E-state index is -0.0293. The van der Waals surface area contributed by atoms with E-state index in [1.165, 1.54) is 32.1 Å². The molecule has 1 aliphatic carbocycles. The van der Waals surface area contributed by atoms with E-state index in [2.05, 4.69) is 20.9 Å². The predicted octanol–water partition coefficient (Wildman–Crippen LogP) is 1.01. The Morgan fingerprint density at radius 3 is 2.39 bits per heavy atom. The van der Waals surface area contributed by atoms with Crippen LogP contribution >= 0.6 is 0 Å². The van der Waals surface area contributed by atoms with Gasteiger partial charge in [0.25, 0.3) is 0 Å². The first-order valence-electron chi connectivity index (χ1n) is 7.07. The highest BCUT2D eigenvalue weighted by Crippen LogP contribution is 2.17. The number of carbonyl (C=O) groups excluding carboxylic acids is 1. The number of likely N-dealkylation sites (N-methyl/N-ethyl adjacent to an activating group) is 1. The van der Waals surface area contributed by atoms with Crippen LogP contribution in [0.1, 0.15) is 46.0 Å². The molecule has 1 aliphatic rings. The topological polar surface area (TPSA) is 65.5 Å². The molecule has 1 rings (SSSR count). The van der Waals surface area contributed by atoms with Gasteiger partial charge >= 0.3 is 0 Å². The number of carbonyl (C=O) groups is 1. The third-order valence-corrected chi connectivity index (χ3v) is 3.04. The quantitative estimate of drug-likeness (QED) is 0.507. The number of nitrogens with one attached hydrogen (secondary N) is 3. The number of hydrogen-bond donors (Lipinski definition) is 3. The summed E-state index contributed by atoms with van der Waals surface area (Å²) < 4.78 is 0. The molecular formula is C13H26N4O. The van der Waals surface area contributed by atoms with E-state index in [1.807, 2.05) is 13.8 Å². The fourth-order valence-corrected chi connectivity index (χ4v) is 2.16. The van der Waals surface area contributed by atoms with Crippen molar-refractivity contribution in [3.05, 3.63) is 0 Å². The highest BCUT2D eigenvalue weighted by molar-refractivity contribution is 5.85. The highest BCUT2D eigenvalue weighted by atomic mass is 16.1. The van der Waals surface area contributed by atoms with Gasteiger partial charge < -0.3 is 16.0 Å². The molecule has 1 amide bonds. The molecule has 0 aromatic rings. The van der Waals surface area contributed by atoms with Gasteiger partial charge in [0.2, 0.25) is 5.91 Å². The van der Waals surface area contributed by atoms with Crippen LogP contribution in [-0.4, -0.2) is 37.5 Å². The lowest BCUT2D eigenvalue weighted by molar-refractivity contribution is -0.119. The van der Waals surface area contributed by atoms with Crippen molar-refractivity contribution in [1.82, 2.24) is 16.0 Å². The van der Waals surface area contributed by atoms with E-state index in [0.717, 1.165) is 12.5 Å². The van der Waals surface area contributed by atoms with Crippen molar-refractivity contribution in [3.8, 4) is 0 Å². The summed E-state index contributed by atoms with van der Waals surface area (Å²) in [6, 6.07) is 0.505. The van der Waals surface area contributed by atoms with Gasteiger partial charge in [-0.25, -0.2) is 4.99 Å². The second kappa shape index (κ2) is 8.78. The Hall–Kier alpha value is -1.26. The van der Waals surface area contributed by atoms with E-state index < -0.39 is 0 Å². The van der Waals surface area contributed by atoms with Gasteiger partial charge in [-0.15, -0.1) is 0 Å². The number of guanidine groups is 1. The van der Waals surface area contributed by atoms with Crippen molar-refractivity contribution in [3.63, 3.8) is 0 Å². The molecule has 0 unspecified atom stereocenters. The van der Waals surface area contributed by atoms with Gasteiger partial charge in [0, 0.05) is 19.1 Å². The summed E-state index contributed by atoms with van der Waals surface area (Å²) in [5.74, 6) is 0.731. The van der Waals surface area contributed by atoms with E-state index in [1.54, 1.807) is 0 Å². The van der Waals surface area contributed by atoms with Crippen molar-refractivity contribution in [2.45, 2.75) is 52.0 Å². The standard InChI is InChI=1S/C13H26N4O/c1-3-14-12(18)10-16-13(15-4-2)17-11-8-6-5-7-9-11/h11H,3-10H2,1-2H3,(H,14,18)(H2,15,16,17). The highest BCUT2D eigenvalue weighted by Gasteiger charge is 2.14. The molecule has 0 atom stereocenters. The van der Waals surface area contributed by atoms with Crippen molar-refractivity contribution in [2.24, 2.45) is 4.99 Å². The van der Waals surface area contributed by atoms with Crippen LogP contribution in [0.4, 0.5) is 0 Å². The van der Waals surface area contributed by atoms with Crippen LogP contribution < -0.4 is 16.0 Å². The van der Waals surface area contributed by atoms with Crippen LogP contribution in [-0.2, 0) is 4.79 Å². The van der Waals surface area contributed by atoms with Crippen molar-refractivity contribution in [2.75, 3.05) is 19.6 Å². The van der Waals surface area contributed by atoms with Gasteiger partial charge in [-0.3, -0.25) is 4.79 Å². The van der Waals surface area contributed by atoms with Gasteiger partial charge in [0.05, 0.1) is 0 Å². The Morgan fingerprint density at radius 1 is 1.11 bits per heavy atom. The molecule has 0 radical (unpaired) electrons. The van der Waals surface area contributed by atoms with Gasteiger partial charge in [-0.05, 0) is 26.7 Å². The summed E-state index contributed by atoms with van der Waals surface area (Å²) in [5, 5.41) is 9.34. The zero-order chi connectivity index (χ0) is 13.2. The van der Waals surface area contributed by atoms with E-state index in [0.29, 0.717) is 12.6 Å². The third-order valence-electron chi connectivity index (χ3n) is 3.04. The average molecular weight is 254 g/mol. The minimum Gasteiger partial charge on any atom is -0.357 e. The average Bonchev–Trinajstić information content (AvgIpc) is 2.38. The lowest BCUT2D eigenvalue weighted by Crippen LogP contribution is -2.44. The SMILES string of the molecule is CCNC(=O)CN=C(NCC)NC1CCCCC1. The van der Waals surface area contributed by atoms with Crippen LogP contribution in [0, 0.1) is 0 Å².